The minimum absolute atomic E-state index is 0.140. The third-order valence-electron chi connectivity index (χ3n) is 6.32. The van der Waals surface area contributed by atoms with Crippen LogP contribution in [0.5, 0.6) is 17.2 Å². The molecule has 1 aliphatic rings. The van der Waals surface area contributed by atoms with E-state index in [2.05, 4.69) is 16.9 Å². The summed E-state index contributed by atoms with van der Waals surface area (Å²) < 4.78 is 16.8. The van der Waals surface area contributed by atoms with Crippen LogP contribution in [0.15, 0.2) is 36.7 Å². The molecule has 0 fully saturated rings. The molecule has 0 atom stereocenters. The average molecular weight is 491 g/mol. The summed E-state index contributed by atoms with van der Waals surface area (Å²) >= 11 is 1.33. The molecule has 9 heteroatoms. The molecule has 0 spiro atoms. The quantitative estimate of drug-likeness (QED) is 0.402. The molecule has 0 unspecified atom stereocenters. The molecule has 0 radical (unpaired) electrons. The third-order valence-corrected chi connectivity index (χ3v) is 7.42. The molecule has 1 aromatic carbocycles. The molecule has 0 saturated heterocycles. The Morgan fingerprint density at radius 3 is 2.40 bits per heavy atom. The SMILES string of the molecule is COc1cc(-c2c3c(nc4sc(C(=O)c5ccncc5)c(N)c24)CCN(C)C3)cc(OC)c1OC. The number of methoxy groups -OCH3 is 3. The lowest BCUT2D eigenvalue weighted by molar-refractivity contribution is 0.104. The summed E-state index contributed by atoms with van der Waals surface area (Å²) in [6, 6.07) is 7.23. The maximum Gasteiger partial charge on any atom is 0.205 e. The molecule has 4 heterocycles. The monoisotopic (exact) mass is 490 g/mol. The van der Waals surface area contributed by atoms with Gasteiger partial charge in [-0.2, -0.15) is 0 Å². The van der Waals surface area contributed by atoms with Gasteiger partial charge in [-0.3, -0.25) is 9.78 Å². The molecule has 5 rings (SSSR count). The van der Waals surface area contributed by atoms with E-state index in [1.54, 1.807) is 45.9 Å². The van der Waals surface area contributed by atoms with Gasteiger partial charge >= 0.3 is 0 Å². The van der Waals surface area contributed by atoms with E-state index < -0.39 is 0 Å². The second-order valence-electron chi connectivity index (χ2n) is 8.40. The topological polar surface area (TPSA) is 99.8 Å². The number of ketones is 1. The Balaban J connectivity index is 1.82. The summed E-state index contributed by atoms with van der Waals surface area (Å²) in [5.41, 5.74) is 11.6. The summed E-state index contributed by atoms with van der Waals surface area (Å²) in [6.07, 6.45) is 4.01. The van der Waals surface area contributed by atoms with Crippen molar-refractivity contribution in [3.05, 3.63) is 58.4 Å². The van der Waals surface area contributed by atoms with Crippen LogP contribution in [0.4, 0.5) is 5.69 Å². The number of carbonyl (C=O) groups excluding carboxylic acids is 1. The van der Waals surface area contributed by atoms with Crippen LogP contribution in [0, 0.1) is 0 Å². The van der Waals surface area contributed by atoms with Crippen molar-refractivity contribution in [1.82, 2.24) is 14.9 Å². The minimum Gasteiger partial charge on any atom is -0.493 e. The van der Waals surface area contributed by atoms with Crippen molar-refractivity contribution in [3.63, 3.8) is 0 Å². The average Bonchev–Trinajstić information content (AvgIpc) is 3.22. The molecule has 1 aliphatic heterocycles. The van der Waals surface area contributed by atoms with E-state index in [1.807, 2.05) is 12.1 Å². The molecule has 0 bridgehead atoms. The van der Waals surface area contributed by atoms with Crippen LogP contribution < -0.4 is 19.9 Å². The minimum atomic E-state index is -0.140. The standard InChI is InChI=1S/C26H26N4O4S/c1-30-10-7-17-16(13-30)20(15-11-18(32-2)24(34-4)19(12-15)33-3)21-22(27)25(35-26(21)29-17)23(31)14-5-8-28-9-6-14/h5-6,8-9,11-12H,7,10,13,27H2,1-4H3. The number of hydrogen-bond acceptors (Lipinski definition) is 9. The summed E-state index contributed by atoms with van der Waals surface area (Å²) in [5.74, 6) is 1.47. The van der Waals surface area contributed by atoms with Crippen LogP contribution in [0.2, 0.25) is 0 Å². The predicted molar refractivity (Wildman–Crippen MR) is 137 cm³/mol. The zero-order chi connectivity index (χ0) is 24.7. The Hall–Kier alpha value is -3.69. The molecule has 180 valence electrons. The zero-order valence-electron chi connectivity index (χ0n) is 20.0. The third kappa shape index (κ3) is 3.86. The highest BCUT2D eigenvalue weighted by Gasteiger charge is 2.28. The number of carbonyl (C=O) groups is 1. The lowest BCUT2D eigenvalue weighted by Crippen LogP contribution is -2.28. The van der Waals surface area contributed by atoms with Crippen LogP contribution in [0.25, 0.3) is 21.3 Å². The molecule has 0 aliphatic carbocycles. The van der Waals surface area contributed by atoms with Crippen molar-refractivity contribution in [3.8, 4) is 28.4 Å². The lowest BCUT2D eigenvalue weighted by atomic mass is 9.91. The normalized spacial score (nSPS) is 13.5. The summed E-state index contributed by atoms with van der Waals surface area (Å²) in [5, 5.41) is 0.774. The van der Waals surface area contributed by atoms with Gasteiger partial charge in [-0.1, -0.05) is 0 Å². The first kappa shape index (κ1) is 23.1. The Bertz CT molecular complexity index is 1410. The van der Waals surface area contributed by atoms with E-state index in [0.717, 1.165) is 45.6 Å². The van der Waals surface area contributed by atoms with Crippen LogP contribution in [0.1, 0.15) is 26.5 Å². The smallest absolute Gasteiger partial charge is 0.205 e. The highest BCUT2D eigenvalue weighted by Crippen LogP contribution is 2.48. The molecule has 3 aromatic heterocycles. The van der Waals surface area contributed by atoms with Crippen LogP contribution in [-0.4, -0.2) is 55.6 Å². The molecule has 4 aromatic rings. The lowest BCUT2D eigenvalue weighted by Gasteiger charge is -2.27. The number of fused-ring (bicyclic) bond motifs is 2. The summed E-state index contributed by atoms with van der Waals surface area (Å²) in [7, 11) is 6.85. The van der Waals surface area contributed by atoms with Crippen LogP contribution in [0.3, 0.4) is 0 Å². The fourth-order valence-electron chi connectivity index (χ4n) is 4.61. The maximum absolute atomic E-state index is 13.4. The van der Waals surface area contributed by atoms with E-state index in [1.165, 1.54) is 11.3 Å². The van der Waals surface area contributed by atoms with Crippen molar-refractivity contribution in [2.45, 2.75) is 13.0 Å². The summed E-state index contributed by atoms with van der Waals surface area (Å²) in [4.78, 5) is 25.8. The Morgan fingerprint density at radius 1 is 1.09 bits per heavy atom. The number of nitrogen functional groups attached to an aromatic ring is 1. The molecular formula is C26H26N4O4S. The van der Waals surface area contributed by atoms with Gasteiger partial charge in [0.2, 0.25) is 11.5 Å². The number of benzene rings is 1. The first-order valence-electron chi connectivity index (χ1n) is 11.1. The van der Waals surface area contributed by atoms with E-state index in [9.17, 15) is 4.79 Å². The number of anilines is 1. The zero-order valence-corrected chi connectivity index (χ0v) is 20.9. The number of pyridine rings is 2. The van der Waals surface area contributed by atoms with Gasteiger partial charge in [0.05, 0.1) is 27.0 Å². The van der Waals surface area contributed by atoms with Crippen molar-refractivity contribution < 1.29 is 19.0 Å². The highest BCUT2D eigenvalue weighted by atomic mass is 32.1. The van der Waals surface area contributed by atoms with E-state index in [4.69, 9.17) is 24.9 Å². The Labute approximate surface area is 207 Å². The van der Waals surface area contributed by atoms with Crippen molar-refractivity contribution in [2.24, 2.45) is 0 Å². The number of rotatable bonds is 6. The number of nitrogens with zero attached hydrogens (tertiary/aromatic N) is 3. The maximum atomic E-state index is 13.4. The van der Waals surface area contributed by atoms with Gasteiger partial charge in [0.1, 0.15) is 9.71 Å². The van der Waals surface area contributed by atoms with E-state index >= 15 is 0 Å². The largest absolute Gasteiger partial charge is 0.493 e. The van der Waals surface area contributed by atoms with Gasteiger partial charge in [0.25, 0.3) is 0 Å². The molecule has 35 heavy (non-hydrogen) atoms. The summed E-state index contributed by atoms with van der Waals surface area (Å²) in [6.45, 7) is 1.62. The van der Waals surface area contributed by atoms with E-state index in [-0.39, 0.29) is 5.78 Å². The van der Waals surface area contributed by atoms with Gasteiger partial charge in [-0.05, 0) is 42.4 Å². The van der Waals surface area contributed by atoms with Gasteiger partial charge in [0.15, 0.2) is 11.5 Å². The first-order chi connectivity index (χ1) is 17.0. The molecular weight excluding hydrogens is 464 g/mol. The molecule has 2 N–H and O–H groups in total. The fraction of sp³-hybridized carbons (Fsp3) is 0.269. The van der Waals surface area contributed by atoms with Gasteiger partial charge in [0, 0.05) is 54.1 Å². The van der Waals surface area contributed by atoms with Crippen LogP contribution >= 0.6 is 11.3 Å². The van der Waals surface area contributed by atoms with Crippen molar-refractivity contribution in [1.29, 1.82) is 0 Å². The van der Waals surface area contributed by atoms with Crippen molar-refractivity contribution >= 4 is 33.0 Å². The Kier molecular flexibility index (Phi) is 6.04. The molecule has 0 saturated carbocycles. The van der Waals surface area contributed by atoms with E-state index in [0.29, 0.717) is 39.9 Å². The number of hydrogen-bond donors (Lipinski definition) is 1. The van der Waals surface area contributed by atoms with Crippen molar-refractivity contribution in [2.75, 3.05) is 40.7 Å². The van der Waals surface area contributed by atoms with Gasteiger partial charge < -0.3 is 24.8 Å². The number of thiophene rings is 1. The van der Waals surface area contributed by atoms with Gasteiger partial charge in [-0.25, -0.2) is 4.98 Å². The van der Waals surface area contributed by atoms with Gasteiger partial charge in [-0.15, -0.1) is 11.3 Å². The first-order valence-corrected chi connectivity index (χ1v) is 12.0. The predicted octanol–water partition coefficient (Wildman–Crippen LogP) is 4.19. The molecule has 8 nitrogen and oxygen atoms in total. The second kappa shape index (κ2) is 9.16. The second-order valence-corrected chi connectivity index (χ2v) is 9.40. The fourth-order valence-corrected chi connectivity index (χ4v) is 5.69. The van der Waals surface area contributed by atoms with Crippen LogP contribution in [-0.2, 0) is 13.0 Å². The number of nitrogens with two attached hydrogens (primary N) is 1. The number of likely N-dealkylation sites (N-methyl/N-ethyl adjacent to an activating group) is 1. The Morgan fingerprint density at radius 2 is 1.77 bits per heavy atom. The number of aromatic nitrogens is 2. The molecule has 0 amide bonds. The highest BCUT2D eigenvalue weighted by molar-refractivity contribution is 7.21. The number of ether oxygens (including phenoxy) is 3.